The summed E-state index contributed by atoms with van der Waals surface area (Å²) in [6.07, 6.45) is 2.92. The third-order valence-corrected chi connectivity index (χ3v) is 4.59. The molecular formula is C24H24N2O6. The number of nitrogens with zero attached hydrogens (tertiary/aromatic N) is 2. The van der Waals surface area contributed by atoms with Crippen LogP contribution >= 0.6 is 0 Å². The molecule has 0 saturated carbocycles. The highest BCUT2D eigenvalue weighted by Crippen LogP contribution is 2.19. The third-order valence-electron chi connectivity index (χ3n) is 4.59. The van der Waals surface area contributed by atoms with Crippen molar-refractivity contribution in [3.63, 3.8) is 0 Å². The van der Waals surface area contributed by atoms with E-state index >= 15 is 0 Å². The molecule has 2 rings (SSSR count). The number of carbonyl (C=O) groups is 4. The first-order valence-electron chi connectivity index (χ1n) is 9.76. The number of ether oxygens (including phenoxy) is 1. The fourth-order valence-corrected chi connectivity index (χ4v) is 2.91. The number of rotatable bonds is 9. The van der Waals surface area contributed by atoms with Crippen molar-refractivity contribution < 1.29 is 29.0 Å². The summed E-state index contributed by atoms with van der Waals surface area (Å²) in [6, 6.07) is 14.6. The van der Waals surface area contributed by atoms with Crippen molar-refractivity contribution in [2.75, 3.05) is 9.80 Å². The van der Waals surface area contributed by atoms with Gasteiger partial charge < -0.3 is 9.84 Å². The lowest BCUT2D eigenvalue weighted by Gasteiger charge is -2.26. The van der Waals surface area contributed by atoms with Crippen molar-refractivity contribution in [3.8, 4) is 0 Å². The van der Waals surface area contributed by atoms with E-state index in [0.29, 0.717) is 11.4 Å². The molecule has 2 aromatic carbocycles. The Kier molecular flexibility index (Phi) is 8.47. The van der Waals surface area contributed by atoms with Gasteiger partial charge in [-0.1, -0.05) is 43.0 Å². The molecule has 0 saturated heterocycles. The van der Waals surface area contributed by atoms with Crippen LogP contribution < -0.4 is 9.80 Å². The second kappa shape index (κ2) is 11.3. The van der Waals surface area contributed by atoms with Crippen LogP contribution in [-0.4, -0.2) is 40.9 Å². The summed E-state index contributed by atoms with van der Waals surface area (Å²) in [6.45, 7) is 6.31. The minimum atomic E-state index is -1.19. The number of carbonyl (C=O) groups excluding carboxylic acids is 3. The van der Waals surface area contributed by atoms with Gasteiger partial charge in [-0.05, 0) is 44.2 Å². The molecular weight excluding hydrogens is 412 g/mol. The van der Waals surface area contributed by atoms with E-state index in [9.17, 15) is 24.3 Å². The molecule has 32 heavy (non-hydrogen) atoms. The fourth-order valence-electron chi connectivity index (χ4n) is 2.91. The van der Waals surface area contributed by atoms with E-state index in [0.717, 1.165) is 23.3 Å². The van der Waals surface area contributed by atoms with Gasteiger partial charge in [0.05, 0.1) is 0 Å². The number of carboxylic acid groups (broad SMARTS) is 1. The van der Waals surface area contributed by atoms with Crippen LogP contribution in [0.15, 0.2) is 85.7 Å². The zero-order valence-electron chi connectivity index (χ0n) is 17.8. The van der Waals surface area contributed by atoms with Gasteiger partial charge in [0.2, 0.25) is 0 Å². The minimum Gasteiger partial charge on any atom is -0.480 e. The lowest BCUT2D eigenvalue weighted by molar-refractivity contribution is -0.140. The first-order valence-corrected chi connectivity index (χ1v) is 9.76. The van der Waals surface area contributed by atoms with Crippen molar-refractivity contribution in [3.05, 3.63) is 85.7 Å². The minimum absolute atomic E-state index is 0.378. The molecule has 2 aromatic rings. The molecule has 0 heterocycles. The molecule has 8 heteroatoms. The average molecular weight is 436 g/mol. The summed E-state index contributed by atoms with van der Waals surface area (Å²) < 4.78 is 5.06. The first-order chi connectivity index (χ1) is 15.3. The smallest absolute Gasteiger partial charge is 0.333 e. The van der Waals surface area contributed by atoms with Gasteiger partial charge in [0.1, 0.15) is 18.3 Å². The number of aliphatic carboxylic acids is 1. The molecule has 0 aromatic heterocycles. The summed E-state index contributed by atoms with van der Waals surface area (Å²) in [5, 5.41) is 9.34. The highest BCUT2D eigenvalue weighted by Gasteiger charge is 2.28. The van der Waals surface area contributed by atoms with Gasteiger partial charge in [0.25, 0.3) is 11.8 Å². The Balaban J connectivity index is 2.16. The van der Waals surface area contributed by atoms with E-state index in [-0.39, 0.29) is 0 Å². The monoisotopic (exact) mass is 436 g/mol. The fraction of sp³-hybridized carbons (Fsp3) is 0.167. The average Bonchev–Trinajstić information content (AvgIpc) is 2.80. The number of amides is 2. The van der Waals surface area contributed by atoms with Crippen molar-refractivity contribution in [2.24, 2.45) is 0 Å². The van der Waals surface area contributed by atoms with Gasteiger partial charge in [-0.25, -0.2) is 9.59 Å². The summed E-state index contributed by atoms with van der Waals surface area (Å²) in [4.78, 5) is 51.2. The van der Waals surface area contributed by atoms with Gasteiger partial charge >= 0.3 is 11.9 Å². The predicted molar refractivity (Wildman–Crippen MR) is 120 cm³/mol. The number of para-hydroxylation sites is 2. The molecule has 166 valence electrons. The molecule has 0 radical (unpaired) electrons. The second-order valence-electron chi connectivity index (χ2n) is 6.72. The molecule has 0 aliphatic heterocycles. The lowest BCUT2D eigenvalue weighted by atomic mass is 10.2. The van der Waals surface area contributed by atoms with Crippen LogP contribution in [0.4, 0.5) is 11.4 Å². The van der Waals surface area contributed by atoms with E-state index in [1.165, 1.54) is 18.7 Å². The summed E-state index contributed by atoms with van der Waals surface area (Å²) in [5.74, 6) is -3.16. The van der Waals surface area contributed by atoms with E-state index in [2.05, 4.69) is 6.58 Å². The van der Waals surface area contributed by atoms with Crippen LogP contribution in [0.2, 0.25) is 0 Å². The van der Waals surface area contributed by atoms with Crippen molar-refractivity contribution >= 4 is 35.1 Å². The van der Waals surface area contributed by atoms with Gasteiger partial charge in [0.15, 0.2) is 0 Å². The maximum atomic E-state index is 12.7. The lowest BCUT2D eigenvalue weighted by Crippen LogP contribution is -2.43. The second-order valence-corrected chi connectivity index (χ2v) is 6.72. The molecule has 0 aliphatic rings. The number of anilines is 2. The number of esters is 1. The Bertz CT molecular complexity index is 1000. The summed E-state index contributed by atoms with van der Waals surface area (Å²) >= 11 is 0. The maximum Gasteiger partial charge on any atom is 0.333 e. The van der Waals surface area contributed by atoms with E-state index < -0.39 is 35.8 Å². The maximum absolute atomic E-state index is 12.7. The van der Waals surface area contributed by atoms with Crippen LogP contribution in [0.5, 0.6) is 0 Å². The van der Waals surface area contributed by atoms with Gasteiger partial charge in [-0.2, -0.15) is 0 Å². The number of hydrogen-bond donors (Lipinski definition) is 1. The van der Waals surface area contributed by atoms with Gasteiger partial charge in [-0.15, -0.1) is 0 Å². The van der Waals surface area contributed by atoms with Crippen LogP contribution in [0.1, 0.15) is 13.8 Å². The molecule has 2 atom stereocenters. The van der Waals surface area contributed by atoms with E-state index in [4.69, 9.17) is 4.74 Å². The predicted octanol–water partition coefficient (Wildman–Crippen LogP) is 3.16. The molecule has 0 unspecified atom stereocenters. The van der Waals surface area contributed by atoms with Gasteiger partial charge in [0, 0.05) is 17.5 Å². The topological polar surface area (TPSA) is 104 Å². The zero-order chi connectivity index (χ0) is 23.7. The summed E-state index contributed by atoms with van der Waals surface area (Å²) in [7, 11) is 0. The standard InChI is InChI=1S/C24H24N2O6/c1-4-21(27)26(20-13-9-6-10-14-20)18(3)24(31)32-16-15-22(28)25(17(2)23(29)30)19-11-7-5-8-12-19/h4-18H,1H2,2-3H3,(H,29,30)/b16-15+/t17-,18+/m1/s1. The van der Waals surface area contributed by atoms with E-state index in [1.807, 2.05) is 0 Å². The summed E-state index contributed by atoms with van der Waals surface area (Å²) in [5.41, 5.74) is 0.857. The van der Waals surface area contributed by atoms with Crippen LogP contribution in [0.25, 0.3) is 0 Å². The zero-order valence-corrected chi connectivity index (χ0v) is 17.8. The van der Waals surface area contributed by atoms with Crippen LogP contribution in [0, 0.1) is 0 Å². The Morgan fingerprint density at radius 3 is 1.75 bits per heavy atom. The number of benzene rings is 2. The Hall–Kier alpha value is -4.20. The Morgan fingerprint density at radius 2 is 1.31 bits per heavy atom. The molecule has 0 bridgehead atoms. The van der Waals surface area contributed by atoms with Gasteiger partial charge in [-0.3, -0.25) is 19.4 Å². The normalized spacial score (nSPS) is 12.4. The molecule has 2 amide bonds. The van der Waals surface area contributed by atoms with Crippen molar-refractivity contribution in [2.45, 2.75) is 25.9 Å². The first kappa shape index (κ1) is 24.1. The van der Waals surface area contributed by atoms with Crippen molar-refractivity contribution in [1.29, 1.82) is 0 Å². The van der Waals surface area contributed by atoms with E-state index in [1.54, 1.807) is 60.7 Å². The SMILES string of the molecule is C=CC(=O)N(c1ccccc1)[C@@H](C)C(=O)O/C=C/C(=O)N(c1ccccc1)[C@H](C)C(=O)O. The molecule has 0 fully saturated rings. The Morgan fingerprint density at radius 1 is 0.844 bits per heavy atom. The quantitative estimate of drug-likeness (QED) is 0.368. The van der Waals surface area contributed by atoms with Crippen LogP contribution in [0.3, 0.4) is 0 Å². The molecule has 1 N–H and O–H groups in total. The van der Waals surface area contributed by atoms with Crippen molar-refractivity contribution in [1.82, 2.24) is 0 Å². The van der Waals surface area contributed by atoms with Crippen LogP contribution in [-0.2, 0) is 23.9 Å². The number of carboxylic acids is 1. The highest BCUT2D eigenvalue weighted by atomic mass is 16.5. The molecule has 8 nitrogen and oxygen atoms in total. The highest BCUT2D eigenvalue weighted by molar-refractivity contribution is 6.06. The largest absolute Gasteiger partial charge is 0.480 e. The molecule has 0 aliphatic carbocycles. The molecule has 0 spiro atoms. The number of hydrogen-bond acceptors (Lipinski definition) is 5. The third kappa shape index (κ3) is 5.91. The Labute approximate surface area is 186 Å².